The van der Waals surface area contributed by atoms with Gasteiger partial charge in [-0.2, -0.15) is 9.98 Å². The number of hydrogen-bond acceptors (Lipinski definition) is 4. The molecule has 0 aromatic heterocycles. The zero-order valence-electron chi connectivity index (χ0n) is 8.69. The molecule has 0 bridgehead atoms. The first-order valence-corrected chi connectivity index (χ1v) is 4.84. The van der Waals surface area contributed by atoms with Gasteiger partial charge < -0.3 is 0 Å². The van der Waals surface area contributed by atoms with Gasteiger partial charge in [-0.1, -0.05) is 26.7 Å². The highest BCUT2D eigenvalue weighted by Crippen LogP contribution is 2.11. The minimum absolute atomic E-state index is 0.572. The van der Waals surface area contributed by atoms with Gasteiger partial charge in [0.2, 0.25) is 12.2 Å². The van der Waals surface area contributed by atoms with Crippen LogP contribution in [0.15, 0.2) is 9.98 Å². The maximum absolute atomic E-state index is 9.95. The van der Waals surface area contributed by atoms with E-state index in [0.29, 0.717) is 12.3 Å². The van der Waals surface area contributed by atoms with Gasteiger partial charge in [-0.15, -0.1) is 0 Å². The number of unbranched alkanes of at least 4 members (excludes halogenated alkanes) is 1. The van der Waals surface area contributed by atoms with E-state index in [1.807, 2.05) is 0 Å². The van der Waals surface area contributed by atoms with E-state index in [2.05, 4.69) is 23.8 Å². The second-order valence-electron chi connectivity index (χ2n) is 3.60. The molecular weight excluding hydrogens is 180 g/mol. The van der Waals surface area contributed by atoms with Gasteiger partial charge in [-0.3, -0.25) is 0 Å². The monoisotopic (exact) mass is 196 g/mol. The van der Waals surface area contributed by atoms with Crippen molar-refractivity contribution in [3.63, 3.8) is 0 Å². The van der Waals surface area contributed by atoms with E-state index in [9.17, 15) is 9.59 Å². The number of hydrogen-bond donors (Lipinski definition) is 0. The molecule has 0 aromatic carbocycles. The molecule has 0 fully saturated rings. The molecule has 14 heavy (non-hydrogen) atoms. The predicted octanol–water partition coefficient (Wildman–Crippen LogP) is 2.20. The molecule has 78 valence electrons. The molecule has 0 heterocycles. The Hall–Kier alpha value is -1.24. The largest absolute Gasteiger partial charge is 0.237 e. The van der Waals surface area contributed by atoms with Crippen LogP contribution < -0.4 is 0 Å². The summed E-state index contributed by atoms with van der Waals surface area (Å²) >= 11 is 0. The molecule has 0 amide bonds. The van der Waals surface area contributed by atoms with Crippen molar-refractivity contribution in [2.75, 3.05) is 0 Å². The molecule has 0 N–H and O–H groups in total. The van der Waals surface area contributed by atoms with E-state index in [1.165, 1.54) is 12.2 Å². The van der Waals surface area contributed by atoms with Crippen LogP contribution >= 0.6 is 0 Å². The SMILES string of the molecule is CC(C)CCCCC(N=C=O)N=C=O. The van der Waals surface area contributed by atoms with Crippen LogP contribution in [-0.4, -0.2) is 18.3 Å². The number of carbonyl (C=O) groups excluding carboxylic acids is 2. The van der Waals surface area contributed by atoms with Gasteiger partial charge in [0.25, 0.3) is 0 Å². The van der Waals surface area contributed by atoms with E-state index < -0.39 is 6.17 Å². The fourth-order valence-corrected chi connectivity index (χ4v) is 1.16. The zero-order chi connectivity index (χ0) is 10.8. The predicted molar refractivity (Wildman–Crippen MR) is 53.3 cm³/mol. The lowest BCUT2D eigenvalue weighted by molar-refractivity contribution is 0.496. The molecule has 0 atom stereocenters. The van der Waals surface area contributed by atoms with Crippen LogP contribution in [-0.2, 0) is 9.59 Å². The average molecular weight is 196 g/mol. The Morgan fingerprint density at radius 1 is 1.00 bits per heavy atom. The molecule has 0 saturated heterocycles. The van der Waals surface area contributed by atoms with Crippen molar-refractivity contribution in [2.24, 2.45) is 15.9 Å². The maximum Gasteiger partial charge on any atom is 0.237 e. The summed E-state index contributed by atoms with van der Waals surface area (Å²) < 4.78 is 0. The number of rotatable bonds is 7. The summed E-state index contributed by atoms with van der Waals surface area (Å²) in [6.45, 7) is 4.31. The minimum atomic E-state index is -0.572. The number of isocyanates is 2. The molecule has 0 unspecified atom stereocenters. The summed E-state index contributed by atoms with van der Waals surface area (Å²) in [5.41, 5.74) is 0. The molecular formula is C10H16N2O2. The molecule has 4 heteroatoms. The Morgan fingerprint density at radius 2 is 1.50 bits per heavy atom. The van der Waals surface area contributed by atoms with Gasteiger partial charge in [0, 0.05) is 0 Å². The van der Waals surface area contributed by atoms with Crippen LogP contribution in [0.4, 0.5) is 0 Å². The lowest BCUT2D eigenvalue weighted by Gasteiger charge is -2.05. The summed E-state index contributed by atoms with van der Waals surface area (Å²) in [7, 11) is 0. The first-order valence-electron chi connectivity index (χ1n) is 4.84. The molecule has 0 aliphatic carbocycles. The van der Waals surface area contributed by atoms with Crippen LogP contribution in [0, 0.1) is 5.92 Å². The highest BCUT2D eigenvalue weighted by atomic mass is 16.1. The highest BCUT2D eigenvalue weighted by Gasteiger charge is 2.03. The molecule has 0 aliphatic rings. The summed E-state index contributed by atoms with van der Waals surface area (Å²) in [5.74, 6) is 0.678. The van der Waals surface area contributed by atoms with Gasteiger partial charge in [-0.05, 0) is 18.8 Å². The van der Waals surface area contributed by atoms with E-state index in [4.69, 9.17) is 0 Å². The van der Waals surface area contributed by atoms with E-state index in [1.54, 1.807) is 0 Å². The highest BCUT2D eigenvalue weighted by molar-refractivity contribution is 5.36. The quantitative estimate of drug-likeness (QED) is 0.356. The lowest BCUT2D eigenvalue weighted by atomic mass is 10.0. The van der Waals surface area contributed by atoms with Gasteiger partial charge >= 0.3 is 0 Å². The van der Waals surface area contributed by atoms with Gasteiger partial charge in [-0.25, -0.2) is 9.59 Å². The molecule has 4 nitrogen and oxygen atoms in total. The number of aliphatic imine (C=N–C) groups is 2. The van der Waals surface area contributed by atoms with Gasteiger partial charge in [0.15, 0.2) is 6.17 Å². The molecule has 0 aromatic rings. The first-order chi connectivity index (χ1) is 6.70. The smallest absolute Gasteiger partial charge is 0.211 e. The Bertz CT molecular complexity index is 221. The first kappa shape index (κ1) is 12.8. The van der Waals surface area contributed by atoms with Crippen molar-refractivity contribution < 1.29 is 9.59 Å². The van der Waals surface area contributed by atoms with E-state index >= 15 is 0 Å². The maximum atomic E-state index is 9.95. The molecule has 0 saturated carbocycles. The second-order valence-corrected chi connectivity index (χ2v) is 3.60. The Morgan fingerprint density at radius 3 is 1.93 bits per heavy atom. The average Bonchev–Trinajstić information content (AvgIpc) is 2.12. The van der Waals surface area contributed by atoms with Crippen LogP contribution in [0.2, 0.25) is 0 Å². The van der Waals surface area contributed by atoms with E-state index in [0.717, 1.165) is 19.3 Å². The normalized spacial score (nSPS) is 11.6. The fraction of sp³-hybridized carbons (Fsp3) is 0.800. The Balaban J connectivity index is 3.71. The molecule has 0 rings (SSSR count). The molecule has 0 radical (unpaired) electrons. The number of nitrogens with zero attached hydrogens (tertiary/aromatic N) is 2. The van der Waals surface area contributed by atoms with Crippen molar-refractivity contribution in [3.05, 3.63) is 0 Å². The van der Waals surface area contributed by atoms with Gasteiger partial charge in [0.1, 0.15) is 0 Å². The fourth-order valence-electron chi connectivity index (χ4n) is 1.16. The van der Waals surface area contributed by atoms with Crippen molar-refractivity contribution in [3.8, 4) is 0 Å². The van der Waals surface area contributed by atoms with Crippen molar-refractivity contribution in [1.82, 2.24) is 0 Å². The summed E-state index contributed by atoms with van der Waals surface area (Å²) in [5, 5.41) is 0. The summed E-state index contributed by atoms with van der Waals surface area (Å²) in [6.07, 6.45) is 5.98. The Labute approximate surface area is 84.1 Å². The van der Waals surface area contributed by atoms with E-state index in [-0.39, 0.29) is 0 Å². The molecule has 0 spiro atoms. The van der Waals surface area contributed by atoms with Crippen LogP contribution in [0.3, 0.4) is 0 Å². The zero-order valence-corrected chi connectivity index (χ0v) is 8.69. The third kappa shape index (κ3) is 7.41. The van der Waals surface area contributed by atoms with Crippen molar-refractivity contribution >= 4 is 12.2 Å². The van der Waals surface area contributed by atoms with Crippen LogP contribution in [0.1, 0.15) is 39.5 Å². The molecule has 0 aliphatic heterocycles. The minimum Gasteiger partial charge on any atom is -0.211 e. The van der Waals surface area contributed by atoms with Crippen molar-refractivity contribution in [1.29, 1.82) is 0 Å². The van der Waals surface area contributed by atoms with Crippen LogP contribution in [0.25, 0.3) is 0 Å². The topological polar surface area (TPSA) is 58.9 Å². The lowest BCUT2D eigenvalue weighted by Crippen LogP contribution is -2.00. The third-order valence-corrected chi connectivity index (χ3v) is 1.90. The standard InChI is InChI=1S/C10H16N2O2/c1-9(2)5-3-4-6-10(11-7-13)12-8-14/h9-10H,3-6H2,1-2H3. The van der Waals surface area contributed by atoms with Crippen molar-refractivity contribution in [2.45, 2.75) is 45.7 Å². The Kier molecular flexibility index (Phi) is 7.62. The van der Waals surface area contributed by atoms with Gasteiger partial charge in [0.05, 0.1) is 0 Å². The summed E-state index contributed by atoms with van der Waals surface area (Å²) in [6, 6.07) is 0. The summed E-state index contributed by atoms with van der Waals surface area (Å²) in [4.78, 5) is 26.7. The van der Waals surface area contributed by atoms with Crippen LogP contribution in [0.5, 0.6) is 0 Å². The third-order valence-electron chi connectivity index (χ3n) is 1.90. The second kappa shape index (κ2) is 8.36.